The highest BCUT2D eigenvalue weighted by atomic mass is 16.5. The third-order valence-electron chi connectivity index (χ3n) is 3.44. The first-order valence-electron chi connectivity index (χ1n) is 5.97. The number of nitrogens with zero attached hydrogens (tertiary/aromatic N) is 1. The van der Waals surface area contributed by atoms with Gasteiger partial charge in [0.25, 0.3) is 0 Å². The quantitative estimate of drug-likeness (QED) is 0.771. The molecule has 1 aliphatic heterocycles. The smallest absolute Gasteiger partial charge is 0.0700 e. The summed E-state index contributed by atoms with van der Waals surface area (Å²) in [5.74, 6) is 0. The van der Waals surface area contributed by atoms with Crippen LogP contribution in [0.1, 0.15) is 34.1 Å². The number of hydrogen-bond acceptors (Lipinski definition) is 3. The van der Waals surface area contributed by atoms with Gasteiger partial charge in [0.05, 0.1) is 18.8 Å². The van der Waals surface area contributed by atoms with Crippen LogP contribution in [-0.2, 0) is 4.74 Å². The Labute approximate surface area is 93.4 Å². The summed E-state index contributed by atoms with van der Waals surface area (Å²) in [7, 11) is 0. The minimum absolute atomic E-state index is 0.0321. The van der Waals surface area contributed by atoms with Crippen LogP contribution in [0.3, 0.4) is 0 Å². The number of rotatable bonds is 4. The molecule has 0 aliphatic carbocycles. The van der Waals surface area contributed by atoms with E-state index in [1.165, 1.54) is 0 Å². The van der Waals surface area contributed by atoms with Gasteiger partial charge in [0, 0.05) is 25.0 Å². The molecule has 0 aromatic carbocycles. The number of aliphatic hydroxyl groups is 1. The summed E-state index contributed by atoms with van der Waals surface area (Å²) in [6, 6.07) is 0. The molecule has 90 valence electrons. The maximum atomic E-state index is 9.68. The highest BCUT2D eigenvalue weighted by Crippen LogP contribution is 2.23. The van der Waals surface area contributed by atoms with Crippen LogP contribution in [0.2, 0.25) is 0 Å². The highest BCUT2D eigenvalue weighted by Gasteiger charge is 2.29. The fraction of sp³-hybridized carbons (Fsp3) is 1.00. The third-order valence-corrected chi connectivity index (χ3v) is 3.44. The molecule has 15 heavy (non-hydrogen) atoms. The molecule has 1 aliphatic rings. The van der Waals surface area contributed by atoms with E-state index in [1.54, 1.807) is 0 Å². The summed E-state index contributed by atoms with van der Waals surface area (Å²) < 4.78 is 5.63. The van der Waals surface area contributed by atoms with E-state index < -0.39 is 0 Å². The first kappa shape index (κ1) is 12.9. The molecular weight excluding hydrogens is 190 g/mol. The van der Waals surface area contributed by atoms with Crippen molar-refractivity contribution in [2.75, 3.05) is 26.2 Å². The van der Waals surface area contributed by atoms with Crippen LogP contribution in [0, 0.1) is 5.41 Å². The van der Waals surface area contributed by atoms with Gasteiger partial charge < -0.3 is 9.84 Å². The molecule has 1 heterocycles. The zero-order valence-corrected chi connectivity index (χ0v) is 10.5. The van der Waals surface area contributed by atoms with Crippen LogP contribution in [-0.4, -0.2) is 48.5 Å². The third kappa shape index (κ3) is 3.74. The second-order valence-corrected chi connectivity index (χ2v) is 5.30. The highest BCUT2D eigenvalue weighted by molar-refractivity contribution is 4.81. The minimum atomic E-state index is -0.263. The van der Waals surface area contributed by atoms with Gasteiger partial charge in [0.15, 0.2) is 0 Å². The fourth-order valence-corrected chi connectivity index (χ4v) is 1.88. The van der Waals surface area contributed by atoms with E-state index in [0.717, 1.165) is 32.7 Å². The van der Waals surface area contributed by atoms with Crippen molar-refractivity contribution in [2.45, 2.75) is 46.3 Å². The van der Waals surface area contributed by atoms with Crippen molar-refractivity contribution >= 4 is 0 Å². The lowest BCUT2D eigenvalue weighted by molar-refractivity contribution is -0.0531. The van der Waals surface area contributed by atoms with Crippen LogP contribution in [0.25, 0.3) is 0 Å². The first-order valence-corrected chi connectivity index (χ1v) is 5.97. The van der Waals surface area contributed by atoms with Crippen molar-refractivity contribution in [1.82, 2.24) is 4.90 Å². The minimum Gasteiger partial charge on any atom is -0.393 e. The summed E-state index contributed by atoms with van der Waals surface area (Å²) in [5, 5.41) is 9.68. The maximum absolute atomic E-state index is 9.68. The van der Waals surface area contributed by atoms with Gasteiger partial charge in [-0.1, -0.05) is 20.8 Å². The second-order valence-electron chi connectivity index (χ2n) is 5.30. The van der Waals surface area contributed by atoms with Crippen LogP contribution in [0.5, 0.6) is 0 Å². The molecule has 0 aromatic heterocycles. The number of hydrogen-bond donors (Lipinski definition) is 1. The molecule has 0 aromatic rings. The molecule has 0 spiro atoms. The average Bonchev–Trinajstić information content (AvgIpc) is 2.17. The molecule has 0 bridgehead atoms. The zero-order valence-electron chi connectivity index (χ0n) is 10.5. The summed E-state index contributed by atoms with van der Waals surface area (Å²) in [4.78, 5) is 2.41. The Morgan fingerprint density at radius 2 is 2.20 bits per heavy atom. The Balaban J connectivity index is 2.44. The molecule has 2 atom stereocenters. The van der Waals surface area contributed by atoms with Crippen molar-refractivity contribution in [3.8, 4) is 0 Å². The molecule has 1 N–H and O–H groups in total. The van der Waals surface area contributed by atoms with Gasteiger partial charge in [-0.2, -0.15) is 0 Å². The summed E-state index contributed by atoms with van der Waals surface area (Å²) >= 11 is 0. The van der Waals surface area contributed by atoms with Crippen molar-refractivity contribution in [3.05, 3.63) is 0 Å². The topological polar surface area (TPSA) is 32.7 Å². The molecule has 0 radical (unpaired) electrons. The van der Waals surface area contributed by atoms with Crippen molar-refractivity contribution < 1.29 is 9.84 Å². The van der Waals surface area contributed by atoms with Crippen LogP contribution >= 0.6 is 0 Å². The average molecular weight is 215 g/mol. The summed E-state index contributed by atoms with van der Waals surface area (Å²) in [5.41, 5.74) is -0.0321. The molecule has 3 heteroatoms. The van der Waals surface area contributed by atoms with E-state index in [9.17, 15) is 5.11 Å². The second kappa shape index (κ2) is 5.28. The number of ether oxygens (including phenoxy) is 1. The number of aliphatic hydroxyl groups excluding tert-OH is 1. The molecule has 1 fully saturated rings. The van der Waals surface area contributed by atoms with Gasteiger partial charge in [-0.3, -0.25) is 4.90 Å². The van der Waals surface area contributed by atoms with Gasteiger partial charge >= 0.3 is 0 Å². The van der Waals surface area contributed by atoms with E-state index in [1.807, 2.05) is 6.92 Å². The van der Waals surface area contributed by atoms with Crippen molar-refractivity contribution in [1.29, 1.82) is 0 Å². The van der Waals surface area contributed by atoms with Gasteiger partial charge in [-0.25, -0.2) is 0 Å². The lowest BCUT2D eigenvalue weighted by Gasteiger charge is -2.39. The van der Waals surface area contributed by atoms with Gasteiger partial charge in [-0.05, 0) is 13.3 Å². The SMILES string of the molecule is CCC1CN(CC(C)(C)C(C)O)CCO1. The predicted molar refractivity (Wildman–Crippen MR) is 61.9 cm³/mol. The lowest BCUT2D eigenvalue weighted by atomic mass is 9.86. The van der Waals surface area contributed by atoms with Crippen molar-refractivity contribution in [3.63, 3.8) is 0 Å². The molecule has 0 saturated carbocycles. The van der Waals surface area contributed by atoms with Gasteiger partial charge in [-0.15, -0.1) is 0 Å². The van der Waals surface area contributed by atoms with Crippen LogP contribution in [0.4, 0.5) is 0 Å². The maximum Gasteiger partial charge on any atom is 0.0700 e. The van der Waals surface area contributed by atoms with Gasteiger partial charge in [0.2, 0.25) is 0 Å². The van der Waals surface area contributed by atoms with E-state index in [4.69, 9.17) is 4.74 Å². The monoisotopic (exact) mass is 215 g/mol. The standard InChI is InChI=1S/C12H25NO2/c1-5-11-8-13(6-7-15-11)9-12(3,4)10(2)14/h10-11,14H,5-9H2,1-4H3. The molecule has 3 nitrogen and oxygen atoms in total. The normalized spacial score (nSPS) is 26.6. The van der Waals surface area contributed by atoms with Crippen LogP contribution in [0.15, 0.2) is 0 Å². The van der Waals surface area contributed by atoms with E-state index >= 15 is 0 Å². The largest absolute Gasteiger partial charge is 0.393 e. The number of morpholine rings is 1. The molecule has 1 saturated heterocycles. The Hall–Kier alpha value is -0.120. The molecule has 2 unspecified atom stereocenters. The van der Waals surface area contributed by atoms with E-state index in [2.05, 4.69) is 25.7 Å². The van der Waals surface area contributed by atoms with Crippen molar-refractivity contribution in [2.24, 2.45) is 5.41 Å². The fourth-order valence-electron chi connectivity index (χ4n) is 1.88. The molecule has 0 amide bonds. The Morgan fingerprint density at radius 1 is 1.53 bits per heavy atom. The Bertz CT molecular complexity index is 192. The zero-order chi connectivity index (χ0) is 11.5. The van der Waals surface area contributed by atoms with E-state index in [-0.39, 0.29) is 11.5 Å². The molecular formula is C12H25NO2. The predicted octanol–water partition coefficient (Wildman–Crippen LogP) is 1.50. The summed E-state index contributed by atoms with van der Waals surface area (Å²) in [6.07, 6.45) is 1.19. The molecule has 1 rings (SSSR count). The Kier molecular flexibility index (Phi) is 4.56. The van der Waals surface area contributed by atoms with Gasteiger partial charge in [0.1, 0.15) is 0 Å². The first-order chi connectivity index (χ1) is 6.95. The summed E-state index contributed by atoms with van der Waals surface area (Å²) in [6.45, 7) is 12.0. The van der Waals surface area contributed by atoms with Crippen LogP contribution < -0.4 is 0 Å². The van der Waals surface area contributed by atoms with E-state index in [0.29, 0.717) is 6.10 Å². The Morgan fingerprint density at radius 3 is 2.73 bits per heavy atom. The lowest BCUT2D eigenvalue weighted by Crippen LogP contribution is -2.48.